The molecule has 0 radical (unpaired) electrons. The highest BCUT2D eigenvalue weighted by Crippen LogP contribution is 2.35. The van der Waals surface area contributed by atoms with Crippen LogP contribution in [-0.2, 0) is 11.2 Å². The van der Waals surface area contributed by atoms with E-state index in [9.17, 15) is 5.11 Å². The van der Waals surface area contributed by atoms with Crippen molar-refractivity contribution in [2.45, 2.75) is 26.3 Å². The van der Waals surface area contributed by atoms with Crippen LogP contribution >= 0.6 is 11.3 Å². The van der Waals surface area contributed by atoms with E-state index in [1.165, 1.54) is 16.2 Å². The third-order valence-corrected chi connectivity index (χ3v) is 5.97. The summed E-state index contributed by atoms with van der Waals surface area (Å²) in [5.41, 5.74) is 1.14. The van der Waals surface area contributed by atoms with Gasteiger partial charge in [-0.15, -0.1) is 5.10 Å². The third-order valence-electron chi connectivity index (χ3n) is 4.89. The van der Waals surface area contributed by atoms with Crippen molar-refractivity contribution < 1.29 is 19.5 Å². The Morgan fingerprint density at radius 1 is 1.26 bits per heavy atom. The molecule has 7 nitrogen and oxygen atoms in total. The lowest BCUT2D eigenvalue weighted by atomic mass is 10.0. The molecule has 3 heterocycles. The van der Waals surface area contributed by atoms with Gasteiger partial charge in [0.05, 0.1) is 19.8 Å². The highest BCUT2D eigenvalue weighted by Gasteiger charge is 2.33. The van der Waals surface area contributed by atoms with Crippen LogP contribution in [0.3, 0.4) is 0 Å². The SMILES string of the molecule is CCOc1ccc([C@@H](c2sc3nc(CC)nn3c2O)[NH+]2CCOCC2)cc1. The lowest BCUT2D eigenvalue weighted by Crippen LogP contribution is -3.14. The summed E-state index contributed by atoms with van der Waals surface area (Å²) in [6, 6.07) is 8.18. The Balaban J connectivity index is 1.75. The molecular weight excluding hydrogens is 364 g/mol. The Morgan fingerprint density at radius 2 is 2.00 bits per heavy atom. The molecule has 1 aliphatic heterocycles. The van der Waals surface area contributed by atoms with Crippen molar-refractivity contribution in [1.82, 2.24) is 14.6 Å². The number of ether oxygens (including phenoxy) is 2. The van der Waals surface area contributed by atoms with Crippen LogP contribution in [0.4, 0.5) is 0 Å². The third kappa shape index (κ3) is 3.52. The number of fused-ring (bicyclic) bond motifs is 1. The van der Waals surface area contributed by atoms with Crippen molar-refractivity contribution in [2.75, 3.05) is 32.9 Å². The zero-order valence-electron chi connectivity index (χ0n) is 15.6. The molecule has 0 unspecified atom stereocenters. The Bertz CT molecular complexity index is 900. The number of hydrogen-bond donors (Lipinski definition) is 2. The van der Waals surface area contributed by atoms with Crippen molar-refractivity contribution >= 4 is 16.3 Å². The van der Waals surface area contributed by atoms with Gasteiger partial charge in [-0.05, 0) is 31.2 Å². The lowest BCUT2D eigenvalue weighted by molar-refractivity contribution is -0.932. The molecule has 27 heavy (non-hydrogen) atoms. The first-order valence-corrected chi connectivity index (χ1v) is 10.2. The summed E-state index contributed by atoms with van der Waals surface area (Å²) in [4.78, 5) is 7.54. The molecule has 0 aliphatic carbocycles. The fraction of sp³-hybridized carbons (Fsp3) is 0.474. The quantitative estimate of drug-likeness (QED) is 0.668. The van der Waals surface area contributed by atoms with Crippen LogP contribution in [0, 0.1) is 0 Å². The van der Waals surface area contributed by atoms with Gasteiger partial charge in [-0.1, -0.05) is 18.3 Å². The molecule has 0 bridgehead atoms. The predicted octanol–water partition coefficient (Wildman–Crippen LogP) is 1.46. The zero-order valence-corrected chi connectivity index (χ0v) is 16.5. The Hall–Kier alpha value is -2.16. The molecule has 1 atom stereocenters. The second-order valence-electron chi connectivity index (χ2n) is 6.57. The topological polar surface area (TPSA) is 73.3 Å². The van der Waals surface area contributed by atoms with Crippen molar-refractivity contribution in [3.05, 3.63) is 40.5 Å². The van der Waals surface area contributed by atoms with Crippen LogP contribution in [0.25, 0.3) is 4.96 Å². The number of rotatable bonds is 6. The van der Waals surface area contributed by atoms with E-state index in [1.54, 1.807) is 4.52 Å². The van der Waals surface area contributed by atoms with Gasteiger partial charge in [-0.3, -0.25) is 0 Å². The number of morpholine rings is 1. The first-order valence-electron chi connectivity index (χ1n) is 9.43. The maximum absolute atomic E-state index is 10.9. The van der Waals surface area contributed by atoms with E-state index in [4.69, 9.17) is 9.47 Å². The lowest BCUT2D eigenvalue weighted by Gasteiger charge is -2.31. The number of aryl methyl sites for hydroxylation is 1. The minimum absolute atomic E-state index is 0.0168. The molecule has 1 aliphatic rings. The minimum Gasteiger partial charge on any atom is -0.494 e. The molecule has 0 amide bonds. The minimum atomic E-state index is 0.0168. The molecule has 2 aromatic heterocycles. The number of quaternary nitrogens is 1. The fourth-order valence-corrected chi connectivity index (χ4v) is 4.71. The second kappa shape index (κ2) is 7.84. The summed E-state index contributed by atoms with van der Waals surface area (Å²) >= 11 is 1.52. The van der Waals surface area contributed by atoms with Gasteiger partial charge >= 0.3 is 0 Å². The summed E-state index contributed by atoms with van der Waals surface area (Å²) < 4.78 is 12.7. The van der Waals surface area contributed by atoms with E-state index in [2.05, 4.69) is 22.2 Å². The van der Waals surface area contributed by atoms with Crippen LogP contribution in [0.15, 0.2) is 24.3 Å². The van der Waals surface area contributed by atoms with Gasteiger partial charge in [0.15, 0.2) is 11.9 Å². The molecule has 2 N–H and O–H groups in total. The van der Waals surface area contributed by atoms with Gasteiger partial charge in [0.2, 0.25) is 10.8 Å². The Kier molecular flexibility index (Phi) is 5.29. The highest BCUT2D eigenvalue weighted by molar-refractivity contribution is 7.17. The molecule has 8 heteroatoms. The molecule has 3 aromatic rings. The van der Waals surface area contributed by atoms with Gasteiger partial charge in [0, 0.05) is 12.0 Å². The first-order chi connectivity index (χ1) is 13.2. The summed E-state index contributed by atoms with van der Waals surface area (Å²) in [7, 11) is 0. The van der Waals surface area contributed by atoms with E-state index in [-0.39, 0.29) is 11.9 Å². The van der Waals surface area contributed by atoms with Gasteiger partial charge in [-0.2, -0.15) is 4.52 Å². The normalized spacial score (nSPS) is 16.7. The van der Waals surface area contributed by atoms with Crippen molar-refractivity contribution in [1.29, 1.82) is 0 Å². The second-order valence-corrected chi connectivity index (χ2v) is 7.58. The van der Waals surface area contributed by atoms with E-state index in [0.717, 1.165) is 59.7 Å². The highest BCUT2D eigenvalue weighted by atomic mass is 32.1. The number of benzene rings is 1. The number of nitrogens with one attached hydrogen (secondary N) is 1. The molecule has 1 fully saturated rings. The molecule has 1 aromatic carbocycles. The summed E-state index contributed by atoms with van der Waals surface area (Å²) in [5, 5.41) is 15.3. The first kappa shape index (κ1) is 18.2. The Labute approximate surface area is 162 Å². The van der Waals surface area contributed by atoms with Gasteiger partial charge in [-0.25, -0.2) is 4.98 Å². The van der Waals surface area contributed by atoms with Crippen LogP contribution in [0.5, 0.6) is 11.6 Å². The molecule has 0 spiro atoms. The molecule has 4 rings (SSSR count). The molecule has 1 saturated heterocycles. The van der Waals surface area contributed by atoms with Crippen LogP contribution in [0.1, 0.15) is 36.2 Å². The average Bonchev–Trinajstić information content (AvgIpc) is 3.24. The zero-order chi connectivity index (χ0) is 18.8. The van der Waals surface area contributed by atoms with E-state index >= 15 is 0 Å². The number of thiazole rings is 1. The van der Waals surface area contributed by atoms with Gasteiger partial charge in [0.1, 0.15) is 23.7 Å². The van der Waals surface area contributed by atoms with Crippen molar-refractivity contribution in [3.8, 4) is 11.6 Å². The maximum atomic E-state index is 10.9. The summed E-state index contributed by atoms with van der Waals surface area (Å²) in [6.07, 6.45) is 0.750. The predicted molar refractivity (Wildman–Crippen MR) is 103 cm³/mol. The molecule has 144 valence electrons. The van der Waals surface area contributed by atoms with E-state index in [0.29, 0.717) is 6.61 Å². The van der Waals surface area contributed by atoms with Gasteiger partial charge in [0.25, 0.3) is 0 Å². The number of nitrogens with zero attached hydrogens (tertiary/aromatic N) is 3. The maximum Gasteiger partial charge on any atom is 0.235 e. The van der Waals surface area contributed by atoms with Crippen LogP contribution in [-0.4, -0.2) is 52.6 Å². The molecular formula is C19H25N4O3S+. The van der Waals surface area contributed by atoms with E-state index in [1.807, 2.05) is 26.0 Å². The largest absolute Gasteiger partial charge is 0.494 e. The Morgan fingerprint density at radius 3 is 2.63 bits per heavy atom. The molecule has 0 saturated carbocycles. The number of hydrogen-bond acceptors (Lipinski definition) is 6. The summed E-state index contributed by atoms with van der Waals surface area (Å²) in [6.45, 7) is 7.88. The monoisotopic (exact) mass is 389 g/mol. The van der Waals surface area contributed by atoms with E-state index < -0.39 is 0 Å². The summed E-state index contributed by atoms with van der Waals surface area (Å²) in [5.74, 6) is 1.80. The van der Waals surface area contributed by atoms with Crippen molar-refractivity contribution in [3.63, 3.8) is 0 Å². The van der Waals surface area contributed by atoms with Gasteiger partial charge < -0.3 is 19.5 Å². The average molecular weight is 390 g/mol. The number of aromatic hydroxyl groups is 1. The van der Waals surface area contributed by atoms with Crippen LogP contribution < -0.4 is 9.64 Å². The number of aromatic nitrogens is 3. The standard InChI is InChI=1S/C19H24N4O3S/c1-3-15-20-19-23(21-15)18(24)17(27-19)16(22-9-11-25-12-10-22)13-5-7-14(8-6-13)26-4-2/h5-8,16,24H,3-4,9-12H2,1-2H3/p+1/t16-/m0/s1. The fourth-order valence-electron chi connectivity index (χ4n) is 3.55. The van der Waals surface area contributed by atoms with Crippen molar-refractivity contribution in [2.24, 2.45) is 0 Å². The van der Waals surface area contributed by atoms with Crippen LogP contribution in [0.2, 0.25) is 0 Å². The smallest absolute Gasteiger partial charge is 0.235 e.